The van der Waals surface area contributed by atoms with E-state index in [1.165, 1.54) is 7.11 Å². The summed E-state index contributed by atoms with van der Waals surface area (Å²) in [5.74, 6) is 0.395. The molecule has 1 rings (SSSR count). The predicted octanol–water partition coefficient (Wildman–Crippen LogP) is 2.70. The second kappa shape index (κ2) is 6.13. The molecule has 16 heavy (non-hydrogen) atoms. The number of hydrogen-bond donors (Lipinski definition) is 1. The lowest BCUT2D eigenvalue weighted by Crippen LogP contribution is -2.11. The van der Waals surface area contributed by atoms with Crippen molar-refractivity contribution in [3.63, 3.8) is 0 Å². The molecule has 0 aliphatic heterocycles. The highest BCUT2D eigenvalue weighted by Gasteiger charge is 2.07. The Balaban J connectivity index is 2.76. The van der Waals surface area contributed by atoms with Crippen molar-refractivity contribution < 1.29 is 9.53 Å². The highest BCUT2D eigenvalue weighted by atomic mass is 79.9. The van der Waals surface area contributed by atoms with Crippen LogP contribution in [0.2, 0.25) is 0 Å². The molecule has 0 aliphatic carbocycles. The van der Waals surface area contributed by atoms with Gasteiger partial charge in [0.2, 0.25) is 5.91 Å². The van der Waals surface area contributed by atoms with E-state index in [1.807, 2.05) is 12.1 Å². The van der Waals surface area contributed by atoms with Gasteiger partial charge in [-0.3, -0.25) is 4.79 Å². The fraction of sp³-hybridized carbons (Fsp3) is 0.273. The molecule has 0 saturated carbocycles. The van der Waals surface area contributed by atoms with Gasteiger partial charge < -0.3 is 10.1 Å². The Morgan fingerprint density at radius 1 is 1.62 bits per heavy atom. The van der Waals surface area contributed by atoms with Crippen molar-refractivity contribution in [2.45, 2.75) is 12.8 Å². The maximum Gasteiger partial charge on any atom is 0.225 e. The maximum absolute atomic E-state index is 11.4. The fourth-order valence-electron chi connectivity index (χ4n) is 1.16. The van der Waals surface area contributed by atoms with E-state index in [0.29, 0.717) is 11.4 Å². The van der Waals surface area contributed by atoms with Gasteiger partial charge in [0.05, 0.1) is 18.9 Å². The van der Waals surface area contributed by atoms with Crippen LogP contribution in [-0.2, 0) is 4.79 Å². The first-order valence-corrected chi connectivity index (χ1v) is 5.47. The van der Waals surface area contributed by atoms with E-state index in [0.717, 1.165) is 4.47 Å². The van der Waals surface area contributed by atoms with E-state index < -0.39 is 0 Å². The molecule has 0 spiro atoms. The van der Waals surface area contributed by atoms with Gasteiger partial charge in [0, 0.05) is 17.3 Å². The number of benzene rings is 1. The summed E-state index contributed by atoms with van der Waals surface area (Å²) in [5, 5.41) is 11.1. The van der Waals surface area contributed by atoms with Crippen LogP contribution in [0.1, 0.15) is 12.8 Å². The Morgan fingerprint density at radius 3 is 3.00 bits per heavy atom. The number of anilines is 1. The third-order valence-corrected chi connectivity index (χ3v) is 2.39. The van der Waals surface area contributed by atoms with Crippen LogP contribution in [0, 0.1) is 11.3 Å². The Morgan fingerprint density at radius 2 is 2.38 bits per heavy atom. The summed E-state index contributed by atoms with van der Waals surface area (Å²) in [6.07, 6.45) is 0.397. The molecule has 0 unspecified atom stereocenters. The maximum atomic E-state index is 11.4. The number of rotatable bonds is 4. The average Bonchev–Trinajstić information content (AvgIpc) is 2.27. The van der Waals surface area contributed by atoms with Crippen LogP contribution < -0.4 is 10.1 Å². The molecule has 84 valence electrons. The molecule has 5 heteroatoms. The van der Waals surface area contributed by atoms with E-state index in [-0.39, 0.29) is 18.7 Å². The van der Waals surface area contributed by atoms with E-state index in [1.54, 1.807) is 12.1 Å². The zero-order valence-electron chi connectivity index (χ0n) is 8.79. The van der Waals surface area contributed by atoms with Crippen LogP contribution in [0.4, 0.5) is 5.69 Å². The highest BCUT2D eigenvalue weighted by molar-refractivity contribution is 9.10. The van der Waals surface area contributed by atoms with Gasteiger partial charge in [0.1, 0.15) is 5.75 Å². The summed E-state index contributed by atoms with van der Waals surface area (Å²) in [4.78, 5) is 11.4. The third-order valence-electron chi connectivity index (χ3n) is 1.90. The van der Waals surface area contributed by atoms with Crippen LogP contribution in [0.25, 0.3) is 0 Å². The van der Waals surface area contributed by atoms with E-state index in [4.69, 9.17) is 10.00 Å². The van der Waals surface area contributed by atoms with Gasteiger partial charge in [-0.15, -0.1) is 0 Å². The summed E-state index contributed by atoms with van der Waals surface area (Å²) < 4.78 is 5.96. The second-order valence-electron chi connectivity index (χ2n) is 3.05. The zero-order chi connectivity index (χ0) is 12.0. The number of hydrogen-bond acceptors (Lipinski definition) is 3. The lowest BCUT2D eigenvalue weighted by Gasteiger charge is -2.09. The summed E-state index contributed by atoms with van der Waals surface area (Å²) in [7, 11) is 1.54. The number of amides is 1. The number of methoxy groups -OCH3 is 1. The molecular formula is C11H11BrN2O2. The van der Waals surface area contributed by atoms with Crippen LogP contribution in [0.3, 0.4) is 0 Å². The fourth-order valence-corrected chi connectivity index (χ4v) is 1.52. The standard InChI is InChI=1S/C11H11BrN2O2/c1-16-10-5-4-8(12)7-9(10)14-11(15)3-2-6-13/h4-5,7H,2-3H2,1H3,(H,14,15). The first-order chi connectivity index (χ1) is 7.67. The van der Waals surface area contributed by atoms with Crippen molar-refractivity contribution in [3.8, 4) is 11.8 Å². The Hall–Kier alpha value is -1.54. The SMILES string of the molecule is COc1ccc(Br)cc1NC(=O)CCC#N. The molecule has 0 radical (unpaired) electrons. The Bertz CT molecular complexity index is 426. The normalized spacial score (nSPS) is 9.31. The lowest BCUT2D eigenvalue weighted by molar-refractivity contribution is -0.116. The lowest BCUT2D eigenvalue weighted by atomic mass is 10.2. The minimum absolute atomic E-state index is 0.187. The van der Waals surface area contributed by atoms with Crippen LogP contribution in [0.5, 0.6) is 5.75 Å². The van der Waals surface area contributed by atoms with Crippen molar-refractivity contribution in [3.05, 3.63) is 22.7 Å². The van der Waals surface area contributed by atoms with Gasteiger partial charge in [-0.25, -0.2) is 0 Å². The molecule has 0 bridgehead atoms. The predicted molar refractivity (Wildman–Crippen MR) is 64.2 cm³/mol. The van der Waals surface area contributed by atoms with E-state index >= 15 is 0 Å². The first-order valence-electron chi connectivity index (χ1n) is 4.67. The van der Waals surface area contributed by atoms with Gasteiger partial charge in [-0.05, 0) is 18.2 Å². The van der Waals surface area contributed by atoms with Crippen molar-refractivity contribution in [2.24, 2.45) is 0 Å². The monoisotopic (exact) mass is 282 g/mol. The molecule has 1 N–H and O–H groups in total. The Labute approximate surface area is 102 Å². The van der Waals surface area contributed by atoms with E-state index in [2.05, 4.69) is 21.2 Å². The van der Waals surface area contributed by atoms with E-state index in [9.17, 15) is 4.79 Å². The van der Waals surface area contributed by atoms with Gasteiger partial charge in [0.25, 0.3) is 0 Å². The molecule has 0 atom stereocenters. The summed E-state index contributed by atoms with van der Waals surface area (Å²) >= 11 is 3.31. The number of halogens is 1. The van der Waals surface area contributed by atoms with Gasteiger partial charge in [-0.1, -0.05) is 15.9 Å². The molecule has 0 fully saturated rings. The minimum Gasteiger partial charge on any atom is -0.495 e. The zero-order valence-corrected chi connectivity index (χ0v) is 10.4. The summed E-state index contributed by atoms with van der Waals surface area (Å²) in [6, 6.07) is 7.25. The van der Waals surface area contributed by atoms with Crippen molar-refractivity contribution >= 4 is 27.5 Å². The third kappa shape index (κ3) is 3.55. The first kappa shape index (κ1) is 12.5. The number of ether oxygens (including phenoxy) is 1. The van der Waals surface area contributed by atoms with Crippen molar-refractivity contribution in [1.29, 1.82) is 5.26 Å². The highest BCUT2D eigenvalue weighted by Crippen LogP contribution is 2.27. The molecule has 0 heterocycles. The molecule has 0 aliphatic rings. The minimum atomic E-state index is -0.196. The molecule has 1 aromatic rings. The molecule has 1 aromatic carbocycles. The molecule has 0 aromatic heterocycles. The summed E-state index contributed by atoms with van der Waals surface area (Å²) in [5.41, 5.74) is 0.597. The van der Waals surface area contributed by atoms with Crippen molar-refractivity contribution in [2.75, 3.05) is 12.4 Å². The Kier molecular flexibility index (Phi) is 4.80. The summed E-state index contributed by atoms with van der Waals surface area (Å²) in [6.45, 7) is 0. The molecule has 1 amide bonds. The second-order valence-corrected chi connectivity index (χ2v) is 3.97. The molecule has 4 nitrogen and oxygen atoms in total. The molecular weight excluding hydrogens is 272 g/mol. The van der Waals surface area contributed by atoms with Crippen molar-refractivity contribution in [1.82, 2.24) is 0 Å². The molecule has 0 saturated heterocycles. The van der Waals surface area contributed by atoms with Crippen LogP contribution in [-0.4, -0.2) is 13.0 Å². The number of carbonyl (C=O) groups is 1. The number of nitrogens with one attached hydrogen (secondary N) is 1. The number of carbonyl (C=O) groups excluding carboxylic acids is 1. The van der Waals surface area contributed by atoms with Crippen LogP contribution in [0.15, 0.2) is 22.7 Å². The average molecular weight is 283 g/mol. The largest absolute Gasteiger partial charge is 0.495 e. The number of nitrogens with zero attached hydrogens (tertiary/aromatic N) is 1. The van der Waals surface area contributed by atoms with Crippen LogP contribution >= 0.6 is 15.9 Å². The van der Waals surface area contributed by atoms with Gasteiger partial charge >= 0.3 is 0 Å². The quantitative estimate of drug-likeness (QED) is 0.924. The smallest absolute Gasteiger partial charge is 0.225 e. The van der Waals surface area contributed by atoms with Gasteiger partial charge in [-0.2, -0.15) is 5.26 Å². The van der Waals surface area contributed by atoms with Gasteiger partial charge in [0.15, 0.2) is 0 Å². The topological polar surface area (TPSA) is 62.1 Å². The number of nitriles is 1.